The molecule has 2 heterocycles. The van der Waals surface area contributed by atoms with Crippen LogP contribution in [0.1, 0.15) is 41.3 Å². The minimum atomic E-state index is -2.83. The highest BCUT2D eigenvalue weighted by Gasteiger charge is 2.31. The van der Waals surface area contributed by atoms with Crippen LogP contribution in [0.3, 0.4) is 0 Å². The monoisotopic (exact) mass is 346 g/mol. The van der Waals surface area contributed by atoms with Crippen molar-refractivity contribution < 1.29 is 18.7 Å². The van der Waals surface area contributed by atoms with E-state index in [2.05, 4.69) is 4.98 Å². The van der Waals surface area contributed by atoms with Crippen molar-refractivity contribution in [2.75, 3.05) is 6.54 Å². The van der Waals surface area contributed by atoms with Gasteiger partial charge in [0.2, 0.25) is 5.91 Å². The molecule has 0 unspecified atom stereocenters. The molecule has 132 valence electrons. The Morgan fingerprint density at radius 2 is 2.04 bits per heavy atom. The van der Waals surface area contributed by atoms with Gasteiger partial charge in [0.15, 0.2) is 0 Å². The number of aromatic nitrogens is 1. The molecule has 2 atom stereocenters. The summed E-state index contributed by atoms with van der Waals surface area (Å²) in [6.45, 7) is 2.34. The molecule has 1 aromatic carbocycles. The van der Waals surface area contributed by atoms with Crippen LogP contribution >= 0.6 is 0 Å². The molecule has 0 bridgehead atoms. The minimum absolute atomic E-state index is 0.0100. The first-order chi connectivity index (χ1) is 12.0. The van der Waals surface area contributed by atoms with E-state index < -0.39 is 12.5 Å². The zero-order valence-corrected chi connectivity index (χ0v) is 13.9. The highest BCUT2D eigenvalue weighted by molar-refractivity contribution is 5.79. The van der Waals surface area contributed by atoms with Gasteiger partial charge >= 0.3 is 0 Å². The van der Waals surface area contributed by atoms with E-state index in [0.717, 1.165) is 16.7 Å². The number of carbonyl (C=O) groups excluding carboxylic acids is 1. The summed E-state index contributed by atoms with van der Waals surface area (Å²) in [7, 11) is 0. The molecule has 3 rings (SSSR count). The Hall–Kier alpha value is -2.34. The van der Waals surface area contributed by atoms with Crippen LogP contribution in [0.15, 0.2) is 42.7 Å². The van der Waals surface area contributed by atoms with E-state index in [1.807, 2.05) is 13.0 Å². The maximum Gasteiger partial charge on any atom is 0.268 e. The van der Waals surface area contributed by atoms with Crippen LogP contribution in [0.2, 0.25) is 0 Å². The van der Waals surface area contributed by atoms with E-state index in [9.17, 15) is 18.7 Å². The van der Waals surface area contributed by atoms with Crippen molar-refractivity contribution in [3.8, 4) is 0 Å². The van der Waals surface area contributed by atoms with Crippen molar-refractivity contribution in [1.29, 1.82) is 0 Å². The summed E-state index contributed by atoms with van der Waals surface area (Å²) in [6.07, 6.45) is -0.580. The van der Waals surface area contributed by atoms with Crippen molar-refractivity contribution in [3.05, 3.63) is 65.0 Å². The van der Waals surface area contributed by atoms with Crippen LogP contribution in [-0.4, -0.2) is 33.9 Å². The first-order valence-electron chi connectivity index (χ1n) is 8.25. The van der Waals surface area contributed by atoms with Crippen LogP contribution in [0.5, 0.6) is 0 Å². The minimum Gasteiger partial charge on any atom is -0.382 e. The first-order valence-corrected chi connectivity index (χ1v) is 8.25. The molecule has 0 saturated heterocycles. The molecule has 2 aromatic rings. The predicted octanol–water partition coefficient (Wildman–Crippen LogP) is 3.07. The Morgan fingerprint density at radius 3 is 2.72 bits per heavy atom. The van der Waals surface area contributed by atoms with E-state index in [1.165, 1.54) is 6.07 Å². The summed E-state index contributed by atoms with van der Waals surface area (Å²) >= 11 is 0. The van der Waals surface area contributed by atoms with Gasteiger partial charge in [-0.2, -0.15) is 0 Å². The second-order valence-corrected chi connectivity index (χ2v) is 6.24. The van der Waals surface area contributed by atoms with Crippen molar-refractivity contribution >= 4 is 5.91 Å². The van der Waals surface area contributed by atoms with E-state index in [-0.39, 0.29) is 23.9 Å². The lowest BCUT2D eigenvalue weighted by Crippen LogP contribution is -2.40. The normalized spacial score (nSPS) is 18.1. The molecular weight excluding hydrogens is 326 g/mol. The molecule has 0 radical (unpaired) electrons. The number of fused-ring (bicyclic) bond motifs is 1. The first kappa shape index (κ1) is 17.5. The number of aliphatic hydroxyl groups excluding tert-OH is 1. The van der Waals surface area contributed by atoms with Crippen LogP contribution in [0.4, 0.5) is 8.78 Å². The third-order valence-corrected chi connectivity index (χ3v) is 4.75. The molecular formula is C19H20F2N2O2. The number of hydrogen-bond acceptors (Lipinski definition) is 3. The standard InChI is InChI=1S/C19H20F2N2O2/c1-12-14-3-2-4-16(18(25)19(20)21)15(14)7-10-23(12)17(24)11-13-5-8-22-9-6-13/h2-6,8-9,12,18-19,25H,7,10-11H2,1H3/t12-,18-/m0/s1. The maximum absolute atomic E-state index is 12.9. The average Bonchev–Trinajstić information content (AvgIpc) is 2.61. The molecule has 0 aliphatic carbocycles. The lowest BCUT2D eigenvalue weighted by atomic mass is 9.87. The number of hydrogen-bond donors (Lipinski definition) is 1. The molecule has 1 aliphatic rings. The largest absolute Gasteiger partial charge is 0.382 e. The smallest absolute Gasteiger partial charge is 0.268 e. The summed E-state index contributed by atoms with van der Waals surface area (Å²) in [6, 6.07) is 8.43. The number of benzene rings is 1. The van der Waals surface area contributed by atoms with Gasteiger partial charge in [0.1, 0.15) is 6.10 Å². The quantitative estimate of drug-likeness (QED) is 0.926. The van der Waals surface area contributed by atoms with Crippen molar-refractivity contribution in [2.45, 2.75) is 38.3 Å². The molecule has 4 nitrogen and oxygen atoms in total. The number of nitrogens with zero attached hydrogens (tertiary/aromatic N) is 2. The highest BCUT2D eigenvalue weighted by atomic mass is 19.3. The fraction of sp³-hybridized carbons (Fsp3) is 0.368. The van der Waals surface area contributed by atoms with Gasteiger partial charge in [0.05, 0.1) is 12.5 Å². The van der Waals surface area contributed by atoms with Gasteiger partial charge in [-0.05, 0) is 47.7 Å². The number of carbonyl (C=O) groups is 1. The lowest BCUT2D eigenvalue weighted by Gasteiger charge is -2.37. The third kappa shape index (κ3) is 3.54. The fourth-order valence-corrected chi connectivity index (χ4v) is 3.43. The number of pyridine rings is 1. The van der Waals surface area contributed by atoms with Crippen LogP contribution in [0, 0.1) is 0 Å². The Bertz CT molecular complexity index is 752. The highest BCUT2D eigenvalue weighted by Crippen LogP contribution is 2.35. The number of alkyl halides is 2. The Morgan fingerprint density at radius 1 is 1.32 bits per heavy atom. The summed E-state index contributed by atoms with van der Waals surface area (Å²) in [5, 5.41) is 9.77. The van der Waals surface area contributed by atoms with E-state index in [1.54, 1.807) is 35.5 Å². The zero-order valence-electron chi connectivity index (χ0n) is 13.9. The molecule has 1 aromatic heterocycles. The molecule has 0 spiro atoms. The second kappa shape index (κ2) is 7.27. The topological polar surface area (TPSA) is 53.4 Å². The van der Waals surface area contributed by atoms with Crippen LogP contribution < -0.4 is 0 Å². The van der Waals surface area contributed by atoms with Gasteiger partial charge in [0.25, 0.3) is 6.43 Å². The Kier molecular flexibility index (Phi) is 5.08. The molecule has 0 fully saturated rings. The van der Waals surface area contributed by atoms with Crippen molar-refractivity contribution in [3.63, 3.8) is 0 Å². The van der Waals surface area contributed by atoms with E-state index in [0.29, 0.717) is 13.0 Å². The molecule has 1 N–H and O–H groups in total. The fourth-order valence-electron chi connectivity index (χ4n) is 3.43. The lowest BCUT2D eigenvalue weighted by molar-refractivity contribution is -0.133. The SMILES string of the molecule is C[C@H]1c2cccc([C@H](O)C(F)F)c2CCN1C(=O)Cc1ccncc1. The summed E-state index contributed by atoms with van der Waals surface area (Å²) in [4.78, 5) is 18.4. The van der Waals surface area contributed by atoms with Crippen LogP contribution in [0.25, 0.3) is 0 Å². The summed E-state index contributed by atoms with van der Waals surface area (Å²) in [5.74, 6) is -0.0100. The molecule has 1 amide bonds. The van der Waals surface area contributed by atoms with Crippen molar-refractivity contribution in [2.24, 2.45) is 0 Å². The Labute approximate surface area is 145 Å². The zero-order chi connectivity index (χ0) is 18.0. The number of amides is 1. The number of aliphatic hydroxyl groups is 1. The molecule has 0 saturated carbocycles. The maximum atomic E-state index is 12.9. The molecule has 6 heteroatoms. The Balaban J connectivity index is 1.83. The van der Waals surface area contributed by atoms with Crippen molar-refractivity contribution in [1.82, 2.24) is 9.88 Å². The molecule has 1 aliphatic heterocycles. The van der Waals surface area contributed by atoms with Gasteiger partial charge in [-0.1, -0.05) is 18.2 Å². The van der Waals surface area contributed by atoms with Gasteiger partial charge < -0.3 is 10.0 Å². The van der Waals surface area contributed by atoms with E-state index in [4.69, 9.17) is 0 Å². The third-order valence-electron chi connectivity index (χ3n) is 4.75. The average molecular weight is 346 g/mol. The number of halogens is 2. The molecule has 25 heavy (non-hydrogen) atoms. The summed E-state index contributed by atoms with van der Waals surface area (Å²) in [5.41, 5.74) is 2.71. The second-order valence-electron chi connectivity index (χ2n) is 6.24. The van der Waals surface area contributed by atoms with Gasteiger partial charge in [-0.3, -0.25) is 9.78 Å². The number of rotatable bonds is 4. The van der Waals surface area contributed by atoms with E-state index >= 15 is 0 Å². The predicted molar refractivity (Wildman–Crippen MR) is 89.2 cm³/mol. The van der Waals surface area contributed by atoms with Gasteiger partial charge in [-0.15, -0.1) is 0 Å². The van der Waals surface area contributed by atoms with Gasteiger partial charge in [0, 0.05) is 18.9 Å². The van der Waals surface area contributed by atoms with Crippen LogP contribution in [-0.2, 0) is 17.6 Å². The summed E-state index contributed by atoms with van der Waals surface area (Å²) < 4.78 is 25.8. The van der Waals surface area contributed by atoms with Gasteiger partial charge in [-0.25, -0.2) is 8.78 Å².